The van der Waals surface area contributed by atoms with Crippen LogP contribution in [0.4, 0.5) is 0 Å². The van der Waals surface area contributed by atoms with Gasteiger partial charge in [0.2, 0.25) is 0 Å². The van der Waals surface area contributed by atoms with Crippen molar-refractivity contribution in [2.75, 3.05) is 0 Å². The van der Waals surface area contributed by atoms with E-state index < -0.39 is 0 Å². The standard InChI is InChI=1S/C19H31N/c1-13-10-14(2)12-16(11-13)18(20)15-6-8-17(9-7-15)19(3,4)5/h10-12,15,17-18H,6-9,20H2,1-5H3. The predicted molar refractivity (Wildman–Crippen MR) is 87.7 cm³/mol. The highest BCUT2D eigenvalue weighted by Crippen LogP contribution is 2.42. The summed E-state index contributed by atoms with van der Waals surface area (Å²) in [5, 5.41) is 0. The van der Waals surface area contributed by atoms with E-state index >= 15 is 0 Å². The zero-order chi connectivity index (χ0) is 14.9. The van der Waals surface area contributed by atoms with Crippen LogP contribution in [0.25, 0.3) is 0 Å². The van der Waals surface area contributed by atoms with Crippen LogP contribution in [0.5, 0.6) is 0 Å². The Morgan fingerprint density at radius 1 is 0.950 bits per heavy atom. The van der Waals surface area contributed by atoms with Crippen LogP contribution in [0.15, 0.2) is 18.2 Å². The number of benzene rings is 1. The number of hydrogen-bond donors (Lipinski definition) is 1. The molecule has 2 rings (SSSR count). The first-order chi connectivity index (χ1) is 9.27. The minimum absolute atomic E-state index is 0.217. The van der Waals surface area contributed by atoms with Crippen molar-refractivity contribution in [3.63, 3.8) is 0 Å². The first kappa shape index (κ1) is 15.6. The van der Waals surface area contributed by atoms with Gasteiger partial charge >= 0.3 is 0 Å². The number of nitrogens with two attached hydrogens (primary N) is 1. The fourth-order valence-corrected chi connectivity index (χ4v) is 3.82. The molecule has 1 aromatic rings. The van der Waals surface area contributed by atoms with Crippen molar-refractivity contribution in [1.82, 2.24) is 0 Å². The molecule has 0 saturated heterocycles. The first-order valence-corrected chi connectivity index (χ1v) is 8.11. The van der Waals surface area contributed by atoms with Crippen LogP contribution in [-0.2, 0) is 0 Å². The van der Waals surface area contributed by atoms with Crippen LogP contribution < -0.4 is 5.73 Å². The maximum absolute atomic E-state index is 6.56. The molecule has 0 amide bonds. The van der Waals surface area contributed by atoms with E-state index in [1.54, 1.807) is 0 Å². The third-order valence-electron chi connectivity index (χ3n) is 5.13. The lowest BCUT2D eigenvalue weighted by Gasteiger charge is -2.38. The first-order valence-electron chi connectivity index (χ1n) is 8.11. The fourth-order valence-electron chi connectivity index (χ4n) is 3.82. The summed E-state index contributed by atoms with van der Waals surface area (Å²) in [4.78, 5) is 0. The lowest BCUT2D eigenvalue weighted by molar-refractivity contribution is 0.139. The Hall–Kier alpha value is -0.820. The Kier molecular flexibility index (Phi) is 4.59. The van der Waals surface area contributed by atoms with Gasteiger partial charge in [-0.1, -0.05) is 50.1 Å². The average Bonchev–Trinajstić information content (AvgIpc) is 2.36. The smallest absolute Gasteiger partial charge is 0.0323 e. The highest BCUT2D eigenvalue weighted by Gasteiger charge is 2.32. The van der Waals surface area contributed by atoms with Gasteiger partial charge in [0.25, 0.3) is 0 Å². The quantitative estimate of drug-likeness (QED) is 0.791. The highest BCUT2D eigenvalue weighted by atomic mass is 14.7. The van der Waals surface area contributed by atoms with Crippen molar-refractivity contribution in [3.8, 4) is 0 Å². The lowest BCUT2D eigenvalue weighted by atomic mass is 9.68. The van der Waals surface area contributed by atoms with Gasteiger partial charge in [-0.3, -0.25) is 0 Å². The van der Waals surface area contributed by atoms with Crippen LogP contribution >= 0.6 is 0 Å². The minimum atomic E-state index is 0.217. The summed E-state index contributed by atoms with van der Waals surface area (Å²) in [6.45, 7) is 11.5. The van der Waals surface area contributed by atoms with Crippen molar-refractivity contribution >= 4 is 0 Å². The normalized spacial score (nSPS) is 25.5. The highest BCUT2D eigenvalue weighted by molar-refractivity contribution is 5.30. The Morgan fingerprint density at radius 2 is 1.45 bits per heavy atom. The summed E-state index contributed by atoms with van der Waals surface area (Å²) in [6.07, 6.45) is 5.26. The molecule has 1 fully saturated rings. The van der Waals surface area contributed by atoms with Crippen molar-refractivity contribution in [2.24, 2.45) is 23.0 Å². The number of rotatable bonds is 2. The molecule has 0 radical (unpaired) electrons. The maximum atomic E-state index is 6.56. The molecule has 20 heavy (non-hydrogen) atoms. The van der Waals surface area contributed by atoms with Crippen molar-refractivity contribution in [1.29, 1.82) is 0 Å². The molecule has 1 nitrogen and oxygen atoms in total. The second kappa shape index (κ2) is 5.89. The van der Waals surface area contributed by atoms with E-state index in [1.165, 1.54) is 42.4 Å². The molecule has 1 heteroatoms. The zero-order valence-electron chi connectivity index (χ0n) is 13.9. The lowest BCUT2D eigenvalue weighted by Crippen LogP contribution is -2.30. The molecule has 0 spiro atoms. The molecule has 1 saturated carbocycles. The van der Waals surface area contributed by atoms with Crippen LogP contribution in [0, 0.1) is 31.1 Å². The van der Waals surface area contributed by atoms with E-state index in [1.807, 2.05) is 0 Å². The summed E-state index contributed by atoms with van der Waals surface area (Å²) < 4.78 is 0. The molecule has 0 heterocycles. The number of aryl methyl sites for hydroxylation is 2. The minimum Gasteiger partial charge on any atom is -0.324 e. The van der Waals surface area contributed by atoms with Gasteiger partial charge in [0, 0.05) is 6.04 Å². The zero-order valence-corrected chi connectivity index (χ0v) is 13.9. The van der Waals surface area contributed by atoms with Gasteiger partial charge in [-0.05, 0) is 62.3 Å². The molecule has 0 bridgehead atoms. The molecule has 2 N–H and O–H groups in total. The van der Waals surface area contributed by atoms with E-state index in [0.717, 1.165) is 5.92 Å². The molecule has 1 aromatic carbocycles. The molecular weight excluding hydrogens is 242 g/mol. The van der Waals surface area contributed by atoms with Gasteiger partial charge < -0.3 is 5.73 Å². The third kappa shape index (κ3) is 3.63. The monoisotopic (exact) mass is 273 g/mol. The third-order valence-corrected chi connectivity index (χ3v) is 5.13. The van der Waals surface area contributed by atoms with Gasteiger partial charge in [-0.2, -0.15) is 0 Å². The van der Waals surface area contributed by atoms with E-state index in [4.69, 9.17) is 5.73 Å². The summed E-state index contributed by atoms with van der Waals surface area (Å²) >= 11 is 0. The van der Waals surface area contributed by atoms with Crippen LogP contribution in [0.1, 0.15) is 69.2 Å². The van der Waals surface area contributed by atoms with E-state index in [9.17, 15) is 0 Å². The van der Waals surface area contributed by atoms with Gasteiger partial charge in [-0.15, -0.1) is 0 Å². The summed E-state index contributed by atoms with van der Waals surface area (Å²) in [7, 11) is 0. The van der Waals surface area contributed by atoms with E-state index in [0.29, 0.717) is 11.3 Å². The molecule has 0 aromatic heterocycles. The van der Waals surface area contributed by atoms with E-state index in [2.05, 4.69) is 52.8 Å². The molecule has 112 valence electrons. The van der Waals surface area contributed by atoms with Gasteiger partial charge in [-0.25, -0.2) is 0 Å². The van der Waals surface area contributed by atoms with Gasteiger partial charge in [0.05, 0.1) is 0 Å². The molecule has 1 aliphatic rings. The van der Waals surface area contributed by atoms with Crippen LogP contribution in [-0.4, -0.2) is 0 Å². The topological polar surface area (TPSA) is 26.0 Å². The Labute approximate surface area is 125 Å². The Bertz CT molecular complexity index is 427. The summed E-state index contributed by atoms with van der Waals surface area (Å²) in [5.41, 5.74) is 11.0. The second-order valence-electron chi connectivity index (χ2n) is 7.92. The van der Waals surface area contributed by atoms with Crippen molar-refractivity contribution in [2.45, 2.75) is 66.3 Å². The maximum Gasteiger partial charge on any atom is 0.0323 e. The molecule has 1 atom stereocenters. The van der Waals surface area contributed by atoms with Crippen LogP contribution in [0.3, 0.4) is 0 Å². The molecule has 0 aliphatic heterocycles. The Balaban J connectivity index is 2.03. The molecule has 1 aliphatic carbocycles. The van der Waals surface area contributed by atoms with E-state index in [-0.39, 0.29) is 6.04 Å². The van der Waals surface area contributed by atoms with Crippen LogP contribution in [0.2, 0.25) is 0 Å². The van der Waals surface area contributed by atoms with Crippen molar-refractivity contribution in [3.05, 3.63) is 34.9 Å². The molecule has 1 unspecified atom stereocenters. The second-order valence-corrected chi connectivity index (χ2v) is 7.92. The fraction of sp³-hybridized carbons (Fsp3) is 0.684. The largest absolute Gasteiger partial charge is 0.324 e. The average molecular weight is 273 g/mol. The van der Waals surface area contributed by atoms with Gasteiger partial charge in [0.1, 0.15) is 0 Å². The molecular formula is C19H31N. The predicted octanol–water partition coefficient (Wildman–Crippen LogP) is 5.16. The Morgan fingerprint density at radius 3 is 1.90 bits per heavy atom. The van der Waals surface area contributed by atoms with Crippen molar-refractivity contribution < 1.29 is 0 Å². The summed E-state index contributed by atoms with van der Waals surface area (Å²) in [6, 6.07) is 6.99. The number of hydrogen-bond acceptors (Lipinski definition) is 1. The van der Waals surface area contributed by atoms with Gasteiger partial charge in [0.15, 0.2) is 0 Å². The SMILES string of the molecule is Cc1cc(C)cc(C(N)C2CCC(C(C)(C)C)CC2)c1. The summed E-state index contributed by atoms with van der Waals surface area (Å²) in [5.74, 6) is 1.53.